The van der Waals surface area contributed by atoms with Crippen molar-refractivity contribution in [3.05, 3.63) is 12.7 Å². The highest BCUT2D eigenvalue weighted by atomic mass is 16.6. The van der Waals surface area contributed by atoms with Crippen LogP contribution in [0.5, 0.6) is 0 Å². The van der Waals surface area contributed by atoms with Gasteiger partial charge in [0.2, 0.25) is 0 Å². The zero-order valence-corrected chi connectivity index (χ0v) is 14.4. The van der Waals surface area contributed by atoms with Crippen LogP contribution in [-0.4, -0.2) is 23.6 Å². The number of ether oxygens (including phenoxy) is 2. The summed E-state index contributed by atoms with van der Waals surface area (Å²) in [6.45, 7) is 7.70. The predicted molar refractivity (Wildman–Crippen MR) is 86.6 cm³/mol. The fourth-order valence-electron chi connectivity index (χ4n) is 7.89. The third-order valence-electron chi connectivity index (χ3n) is 8.06. The van der Waals surface area contributed by atoms with E-state index >= 15 is 0 Å². The molecule has 1 saturated heterocycles. The SMILES string of the molecule is C=CC(=O)OC1(C)CC2CC(C1)C1C3CC(C4C(=O)OC(C)C34)C21. The normalized spacial score (nSPS) is 56.6. The smallest absolute Gasteiger partial charge is 0.330 e. The molecule has 5 rings (SSSR count). The molecule has 1 aliphatic heterocycles. The van der Waals surface area contributed by atoms with Gasteiger partial charge in [0.25, 0.3) is 0 Å². The molecule has 24 heavy (non-hydrogen) atoms. The van der Waals surface area contributed by atoms with Crippen molar-refractivity contribution in [3.63, 3.8) is 0 Å². The third kappa shape index (κ3) is 1.75. The number of esters is 2. The van der Waals surface area contributed by atoms with Crippen LogP contribution in [0, 0.1) is 47.3 Å². The second kappa shape index (κ2) is 4.64. The number of carbonyl (C=O) groups excluding carboxylic acids is 2. The van der Waals surface area contributed by atoms with Gasteiger partial charge >= 0.3 is 11.9 Å². The summed E-state index contributed by atoms with van der Waals surface area (Å²) in [5.74, 6) is 4.06. The van der Waals surface area contributed by atoms with Crippen LogP contribution in [-0.2, 0) is 19.1 Å². The standard InChI is InChI=1S/C20H26O4/c1-4-14(21)24-20(3)7-10-5-11(8-20)17-13-6-12(16(10)17)15-9(2)23-19(22)18(13)15/h4,9-13,15-18H,1,5-8H2,2-3H3. The predicted octanol–water partition coefficient (Wildman–Crippen LogP) is 2.96. The maximum Gasteiger partial charge on any atom is 0.330 e. The minimum absolute atomic E-state index is 0.0562. The lowest BCUT2D eigenvalue weighted by molar-refractivity contribution is -0.157. The molecular formula is C20H26O4. The Morgan fingerprint density at radius 2 is 1.88 bits per heavy atom. The average molecular weight is 330 g/mol. The van der Waals surface area contributed by atoms with E-state index in [-0.39, 0.29) is 29.6 Å². The fourth-order valence-corrected chi connectivity index (χ4v) is 7.89. The number of fused-ring (bicyclic) bond motifs is 12. The van der Waals surface area contributed by atoms with Crippen molar-refractivity contribution >= 4 is 11.9 Å². The van der Waals surface area contributed by atoms with Crippen LogP contribution in [0.3, 0.4) is 0 Å². The van der Waals surface area contributed by atoms with Gasteiger partial charge in [0.05, 0.1) is 5.92 Å². The number of rotatable bonds is 2. The van der Waals surface area contributed by atoms with Gasteiger partial charge in [-0.15, -0.1) is 0 Å². The summed E-state index contributed by atoms with van der Waals surface area (Å²) in [5, 5.41) is 0. The Balaban J connectivity index is 1.44. The minimum Gasteiger partial charge on any atom is -0.462 e. The Kier molecular flexibility index (Phi) is 2.90. The molecule has 4 nitrogen and oxygen atoms in total. The van der Waals surface area contributed by atoms with Crippen molar-refractivity contribution in [2.24, 2.45) is 47.3 Å². The van der Waals surface area contributed by atoms with Gasteiger partial charge < -0.3 is 9.47 Å². The lowest BCUT2D eigenvalue weighted by Crippen LogP contribution is -2.39. The second-order valence-corrected chi connectivity index (χ2v) is 9.20. The molecule has 0 aromatic carbocycles. The molecule has 10 atom stereocenters. The van der Waals surface area contributed by atoms with Gasteiger partial charge in [-0.25, -0.2) is 4.79 Å². The van der Waals surface area contributed by atoms with Crippen LogP contribution in [0.25, 0.3) is 0 Å². The average Bonchev–Trinajstić information content (AvgIpc) is 3.21. The van der Waals surface area contributed by atoms with Gasteiger partial charge in [-0.2, -0.15) is 0 Å². The first-order chi connectivity index (χ1) is 11.4. The van der Waals surface area contributed by atoms with Gasteiger partial charge in [0.15, 0.2) is 0 Å². The van der Waals surface area contributed by atoms with Crippen LogP contribution >= 0.6 is 0 Å². The molecule has 0 amide bonds. The topological polar surface area (TPSA) is 52.6 Å². The van der Waals surface area contributed by atoms with Crippen LogP contribution in [0.15, 0.2) is 12.7 Å². The highest BCUT2D eigenvalue weighted by Gasteiger charge is 2.70. The molecule has 0 N–H and O–H groups in total. The lowest BCUT2D eigenvalue weighted by atomic mass is 9.66. The summed E-state index contributed by atoms with van der Waals surface area (Å²) >= 11 is 0. The lowest BCUT2D eigenvalue weighted by Gasteiger charge is -2.38. The van der Waals surface area contributed by atoms with E-state index in [0.717, 1.165) is 12.8 Å². The van der Waals surface area contributed by atoms with E-state index < -0.39 is 0 Å². The number of hydrogen-bond donors (Lipinski definition) is 0. The third-order valence-corrected chi connectivity index (χ3v) is 8.06. The van der Waals surface area contributed by atoms with E-state index in [0.29, 0.717) is 41.4 Å². The van der Waals surface area contributed by atoms with Crippen molar-refractivity contribution in [1.82, 2.24) is 0 Å². The molecule has 5 fully saturated rings. The summed E-state index contributed by atoms with van der Waals surface area (Å²) < 4.78 is 11.3. The Morgan fingerprint density at radius 1 is 1.21 bits per heavy atom. The molecular weight excluding hydrogens is 304 g/mol. The van der Waals surface area contributed by atoms with E-state index in [2.05, 4.69) is 20.4 Å². The molecule has 4 heteroatoms. The van der Waals surface area contributed by atoms with Crippen molar-refractivity contribution < 1.29 is 19.1 Å². The van der Waals surface area contributed by atoms with Gasteiger partial charge in [-0.1, -0.05) is 6.58 Å². The molecule has 10 unspecified atom stereocenters. The Hall–Kier alpha value is -1.32. The summed E-state index contributed by atoms with van der Waals surface area (Å²) in [5.41, 5.74) is -0.357. The second-order valence-electron chi connectivity index (χ2n) is 9.20. The quantitative estimate of drug-likeness (QED) is 0.444. The molecule has 0 spiro atoms. The van der Waals surface area contributed by atoms with Gasteiger partial charge in [-0.05, 0) is 75.0 Å². The maximum absolute atomic E-state index is 12.3. The number of cyclic esters (lactones) is 1. The minimum atomic E-state index is -0.357. The maximum atomic E-state index is 12.3. The summed E-state index contributed by atoms with van der Waals surface area (Å²) in [7, 11) is 0. The zero-order chi connectivity index (χ0) is 16.8. The molecule has 130 valence electrons. The molecule has 0 radical (unpaired) electrons. The van der Waals surface area contributed by atoms with Crippen molar-refractivity contribution in [2.45, 2.75) is 51.2 Å². The van der Waals surface area contributed by atoms with Crippen LogP contribution in [0.1, 0.15) is 39.5 Å². The molecule has 0 aromatic heterocycles. The van der Waals surface area contributed by atoms with E-state index in [1.54, 1.807) is 0 Å². The largest absolute Gasteiger partial charge is 0.462 e. The summed E-state index contributed by atoms with van der Waals surface area (Å²) in [6.07, 6.45) is 5.74. The van der Waals surface area contributed by atoms with Gasteiger partial charge in [0, 0.05) is 12.0 Å². The highest BCUT2D eigenvalue weighted by Crippen LogP contribution is 2.71. The molecule has 4 aliphatic carbocycles. The Bertz CT molecular complexity index is 627. The van der Waals surface area contributed by atoms with E-state index in [4.69, 9.17) is 9.47 Å². The fraction of sp³-hybridized carbons (Fsp3) is 0.800. The molecule has 1 heterocycles. The number of carbonyl (C=O) groups is 2. The van der Waals surface area contributed by atoms with Crippen LogP contribution in [0.2, 0.25) is 0 Å². The van der Waals surface area contributed by atoms with Crippen molar-refractivity contribution in [2.75, 3.05) is 0 Å². The highest BCUT2D eigenvalue weighted by molar-refractivity contribution is 5.81. The summed E-state index contributed by atoms with van der Waals surface area (Å²) in [6, 6.07) is 0. The first-order valence-corrected chi connectivity index (χ1v) is 9.48. The first kappa shape index (κ1) is 15.0. The number of hydrogen-bond acceptors (Lipinski definition) is 4. The molecule has 4 bridgehead atoms. The molecule has 0 aromatic rings. The van der Waals surface area contributed by atoms with E-state index in [1.807, 2.05) is 0 Å². The molecule has 4 saturated carbocycles. The van der Waals surface area contributed by atoms with Gasteiger partial charge in [0.1, 0.15) is 11.7 Å². The van der Waals surface area contributed by atoms with E-state index in [1.165, 1.54) is 18.9 Å². The van der Waals surface area contributed by atoms with Crippen LogP contribution in [0.4, 0.5) is 0 Å². The van der Waals surface area contributed by atoms with E-state index in [9.17, 15) is 9.59 Å². The van der Waals surface area contributed by atoms with Crippen molar-refractivity contribution in [1.29, 1.82) is 0 Å². The summed E-state index contributed by atoms with van der Waals surface area (Å²) in [4.78, 5) is 24.1. The molecule has 5 aliphatic rings. The van der Waals surface area contributed by atoms with Gasteiger partial charge in [-0.3, -0.25) is 4.79 Å². The zero-order valence-electron chi connectivity index (χ0n) is 14.4. The van der Waals surface area contributed by atoms with Crippen LogP contribution < -0.4 is 0 Å². The monoisotopic (exact) mass is 330 g/mol. The Morgan fingerprint density at radius 3 is 2.54 bits per heavy atom. The first-order valence-electron chi connectivity index (χ1n) is 9.48. The Labute approximate surface area is 143 Å². The van der Waals surface area contributed by atoms with Crippen molar-refractivity contribution in [3.8, 4) is 0 Å².